The first-order valence-corrected chi connectivity index (χ1v) is 6.18. The van der Waals surface area contributed by atoms with Gasteiger partial charge in [0, 0.05) is 13.7 Å². The lowest BCUT2D eigenvalue weighted by Gasteiger charge is -2.23. The van der Waals surface area contributed by atoms with Gasteiger partial charge in [0.15, 0.2) is 0 Å². The number of ether oxygens (including phenoxy) is 1. The maximum atomic E-state index is 5.12. The number of methoxy groups -OCH3 is 1. The molecule has 0 bridgehead atoms. The Hall–Kier alpha value is -0.860. The molecule has 2 heteroatoms. The normalized spacial score (nSPS) is 20.9. The fraction of sp³-hybridized carbons (Fsp3) is 0.571. The second kappa shape index (κ2) is 6.02. The van der Waals surface area contributed by atoms with Gasteiger partial charge in [0.25, 0.3) is 0 Å². The van der Waals surface area contributed by atoms with Crippen molar-refractivity contribution < 1.29 is 4.74 Å². The predicted octanol–water partition coefficient (Wildman–Crippen LogP) is 2.34. The Balaban J connectivity index is 2.02. The molecule has 1 saturated heterocycles. The van der Waals surface area contributed by atoms with E-state index in [-0.39, 0.29) is 0 Å². The summed E-state index contributed by atoms with van der Waals surface area (Å²) in [6.45, 7) is 3.12. The van der Waals surface area contributed by atoms with Crippen molar-refractivity contribution in [3.05, 3.63) is 35.4 Å². The van der Waals surface area contributed by atoms with Crippen LogP contribution >= 0.6 is 0 Å². The largest absolute Gasteiger partial charge is 0.384 e. The molecular weight excluding hydrogens is 198 g/mol. The van der Waals surface area contributed by atoms with Crippen molar-refractivity contribution in [1.82, 2.24) is 5.32 Å². The van der Waals surface area contributed by atoms with Gasteiger partial charge in [0.2, 0.25) is 0 Å². The molecule has 2 nitrogen and oxygen atoms in total. The van der Waals surface area contributed by atoms with E-state index in [1.807, 2.05) is 0 Å². The van der Waals surface area contributed by atoms with Crippen LogP contribution in [0.1, 0.15) is 29.9 Å². The van der Waals surface area contributed by atoms with Crippen molar-refractivity contribution in [1.29, 1.82) is 0 Å². The lowest BCUT2D eigenvalue weighted by atomic mass is 9.90. The molecule has 16 heavy (non-hydrogen) atoms. The highest BCUT2D eigenvalue weighted by atomic mass is 16.5. The minimum Gasteiger partial charge on any atom is -0.384 e. The van der Waals surface area contributed by atoms with Gasteiger partial charge in [0.05, 0.1) is 6.61 Å². The van der Waals surface area contributed by atoms with E-state index in [0.29, 0.717) is 5.92 Å². The number of hydrogen-bond donors (Lipinski definition) is 1. The highest BCUT2D eigenvalue weighted by molar-refractivity contribution is 5.27. The SMILES string of the molecule is COCCc1cccc(C2CCCNC2)c1. The monoisotopic (exact) mass is 219 g/mol. The van der Waals surface area contributed by atoms with Crippen molar-refractivity contribution in [3.63, 3.8) is 0 Å². The standard InChI is InChI=1S/C14H21NO/c1-16-9-7-12-4-2-5-13(10-12)14-6-3-8-15-11-14/h2,4-5,10,14-15H,3,6-9,11H2,1H3. The molecule has 1 aliphatic rings. The topological polar surface area (TPSA) is 21.3 Å². The summed E-state index contributed by atoms with van der Waals surface area (Å²) in [5, 5.41) is 3.47. The molecule has 1 aromatic carbocycles. The molecule has 2 rings (SSSR count). The lowest BCUT2D eigenvalue weighted by molar-refractivity contribution is 0.202. The zero-order chi connectivity index (χ0) is 11.2. The third kappa shape index (κ3) is 3.06. The Labute approximate surface area is 98.0 Å². The van der Waals surface area contributed by atoms with Gasteiger partial charge in [0.1, 0.15) is 0 Å². The Morgan fingerprint density at radius 1 is 1.44 bits per heavy atom. The van der Waals surface area contributed by atoms with Gasteiger partial charge >= 0.3 is 0 Å². The zero-order valence-corrected chi connectivity index (χ0v) is 10.0. The van der Waals surface area contributed by atoms with Gasteiger partial charge in [-0.3, -0.25) is 0 Å². The fourth-order valence-corrected chi connectivity index (χ4v) is 2.36. The van der Waals surface area contributed by atoms with E-state index in [0.717, 1.165) is 19.6 Å². The van der Waals surface area contributed by atoms with Crippen molar-refractivity contribution >= 4 is 0 Å². The molecule has 0 saturated carbocycles. The smallest absolute Gasteiger partial charge is 0.0502 e. The predicted molar refractivity (Wildman–Crippen MR) is 66.9 cm³/mol. The van der Waals surface area contributed by atoms with Gasteiger partial charge in [-0.1, -0.05) is 24.3 Å². The van der Waals surface area contributed by atoms with Crippen LogP contribution in [0.3, 0.4) is 0 Å². The summed E-state index contributed by atoms with van der Waals surface area (Å²) in [4.78, 5) is 0. The quantitative estimate of drug-likeness (QED) is 0.839. The molecule has 1 fully saturated rings. The first kappa shape index (κ1) is 11.6. The Morgan fingerprint density at radius 3 is 3.12 bits per heavy atom. The summed E-state index contributed by atoms with van der Waals surface area (Å²) in [5.41, 5.74) is 2.88. The van der Waals surface area contributed by atoms with Crippen molar-refractivity contribution in [2.45, 2.75) is 25.2 Å². The van der Waals surface area contributed by atoms with E-state index in [1.165, 1.54) is 30.5 Å². The van der Waals surface area contributed by atoms with Crippen LogP contribution in [0, 0.1) is 0 Å². The van der Waals surface area contributed by atoms with Crippen LogP contribution in [-0.4, -0.2) is 26.8 Å². The second-order valence-electron chi connectivity index (χ2n) is 4.53. The molecule has 0 radical (unpaired) electrons. The molecule has 1 aromatic rings. The molecule has 0 aliphatic carbocycles. The van der Waals surface area contributed by atoms with Gasteiger partial charge in [-0.2, -0.15) is 0 Å². The number of rotatable bonds is 4. The first-order valence-electron chi connectivity index (χ1n) is 6.18. The van der Waals surface area contributed by atoms with Crippen LogP contribution in [0.25, 0.3) is 0 Å². The van der Waals surface area contributed by atoms with E-state index in [2.05, 4.69) is 29.6 Å². The lowest BCUT2D eigenvalue weighted by Crippen LogP contribution is -2.28. The molecule has 0 spiro atoms. The summed E-state index contributed by atoms with van der Waals surface area (Å²) in [6, 6.07) is 8.97. The Kier molecular flexibility index (Phi) is 4.37. The minimum absolute atomic E-state index is 0.705. The molecule has 1 aliphatic heterocycles. The summed E-state index contributed by atoms with van der Waals surface area (Å²) in [5.74, 6) is 0.705. The fourth-order valence-electron chi connectivity index (χ4n) is 2.36. The second-order valence-corrected chi connectivity index (χ2v) is 4.53. The number of hydrogen-bond acceptors (Lipinski definition) is 2. The van der Waals surface area contributed by atoms with E-state index in [9.17, 15) is 0 Å². The maximum Gasteiger partial charge on any atom is 0.0502 e. The maximum absolute atomic E-state index is 5.12. The van der Waals surface area contributed by atoms with Crippen molar-refractivity contribution in [2.24, 2.45) is 0 Å². The van der Waals surface area contributed by atoms with E-state index < -0.39 is 0 Å². The first-order chi connectivity index (χ1) is 7.90. The van der Waals surface area contributed by atoms with Crippen LogP contribution in [0.2, 0.25) is 0 Å². The van der Waals surface area contributed by atoms with Crippen molar-refractivity contribution in [3.8, 4) is 0 Å². The third-order valence-corrected chi connectivity index (χ3v) is 3.31. The molecular formula is C14H21NO. The number of piperidine rings is 1. The molecule has 0 aromatic heterocycles. The summed E-state index contributed by atoms with van der Waals surface area (Å²) in [7, 11) is 1.76. The molecule has 1 N–H and O–H groups in total. The Morgan fingerprint density at radius 2 is 2.38 bits per heavy atom. The highest BCUT2D eigenvalue weighted by Crippen LogP contribution is 2.23. The number of benzene rings is 1. The van der Waals surface area contributed by atoms with E-state index >= 15 is 0 Å². The van der Waals surface area contributed by atoms with Gasteiger partial charge in [-0.05, 0) is 42.9 Å². The van der Waals surface area contributed by atoms with Crippen LogP contribution < -0.4 is 5.32 Å². The van der Waals surface area contributed by atoms with Crippen LogP contribution in [0.15, 0.2) is 24.3 Å². The molecule has 0 amide bonds. The third-order valence-electron chi connectivity index (χ3n) is 3.31. The van der Waals surface area contributed by atoms with Crippen LogP contribution in [0.4, 0.5) is 0 Å². The van der Waals surface area contributed by atoms with Crippen LogP contribution in [0.5, 0.6) is 0 Å². The molecule has 1 unspecified atom stereocenters. The summed E-state index contributed by atoms with van der Waals surface area (Å²) in [6.07, 6.45) is 3.64. The zero-order valence-electron chi connectivity index (χ0n) is 10.0. The van der Waals surface area contributed by atoms with Gasteiger partial charge < -0.3 is 10.1 Å². The summed E-state index contributed by atoms with van der Waals surface area (Å²) < 4.78 is 5.12. The summed E-state index contributed by atoms with van der Waals surface area (Å²) >= 11 is 0. The van der Waals surface area contributed by atoms with Crippen molar-refractivity contribution in [2.75, 3.05) is 26.8 Å². The molecule has 1 atom stereocenters. The molecule has 88 valence electrons. The van der Waals surface area contributed by atoms with Crippen LogP contribution in [-0.2, 0) is 11.2 Å². The van der Waals surface area contributed by atoms with E-state index in [4.69, 9.17) is 4.74 Å². The number of nitrogens with one attached hydrogen (secondary N) is 1. The molecule has 1 heterocycles. The van der Waals surface area contributed by atoms with Gasteiger partial charge in [-0.25, -0.2) is 0 Å². The van der Waals surface area contributed by atoms with Gasteiger partial charge in [-0.15, -0.1) is 0 Å². The minimum atomic E-state index is 0.705. The average molecular weight is 219 g/mol. The average Bonchev–Trinajstić information content (AvgIpc) is 2.38. The highest BCUT2D eigenvalue weighted by Gasteiger charge is 2.14. The van der Waals surface area contributed by atoms with E-state index in [1.54, 1.807) is 7.11 Å². The Bertz CT molecular complexity index is 318.